The Bertz CT molecular complexity index is 657. The lowest BCUT2D eigenvalue weighted by molar-refractivity contribution is -0.385. The highest BCUT2D eigenvalue weighted by Gasteiger charge is 2.40. The number of nitro groups is 1. The molecule has 1 N–H and O–H groups in total. The van der Waals surface area contributed by atoms with E-state index in [0.29, 0.717) is 37.3 Å². The lowest BCUT2D eigenvalue weighted by Gasteiger charge is -2.18. The summed E-state index contributed by atoms with van der Waals surface area (Å²) in [6.07, 6.45) is 0. The van der Waals surface area contributed by atoms with Crippen LogP contribution in [0.4, 0.5) is 5.69 Å². The van der Waals surface area contributed by atoms with Gasteiger partial charge in [-0.2, -0.15) is 0 Å². The molecule has 2 aliphatic rings. The zero-order valence-electron chi connectivity index (χ0n) is 14.2. The third kappa shape index (κ3) is 3.64. The number of amides is 1. The van der Waals surface area contributed by atoms with Crippen LogP contribution in [0.5, 0.6) is 11.5 Å². The van der Waals surface area contributed by atoms with E-state index >= 15 is 0 Å². The van der Waals surface area contributed by atoms with Crippen LogP contribution in [0.3, 0.4) is 0 Å². The molecular formula is C16H22ClN3O5. The Kier molecular flexibility index (Phi) is 6.07. The van der Waals surface area contributed by atoms with Crippen molar-refractivity contribution in [3.05, 3.63) is 27.8 Å². The third-order valence-electron chi connectivity index (χ3n) is 4.69. The van der Waals surface area contributed by atoms with Crippen LogP contribution in [0, 0.1) is 22.0 Å². The van der Waals surface area contributed by atoms with E-state index < -0.39 is 4.92 Å². The van der Waals surface area contributed by atoms with Crippen LogP contribution < -0.4 is 14.8 Å². The molecule has 0 aliphatic carbocycles. The molecule has 2 aliphatic heterocycles. The van der Waals surface area contributed by atoms with E-state index in [2.05, 4.69) is 5.32 Å². The molecule has 9 heteroatoms. The molecule has 1 amide bonds. The highest BCUT2D eigenvalue weighted by atomic mass is 35.5. The second-order valence-electron chi connectivity index (χ2n) is 6.10. The zero-order valence-corrected chi connectivity index (χ0v) is 15.0. The molecule has 0 spiro atoms. The maximum absolute atomic E-state index is 12.8. The number of nitrogens with one attached hydrogen (secondary N) is 1. The Balaban J connectivity index is 0.00000225. The van der Waals surface area contributed by atoms with Crippen LogP contribution in [0.25, 0.3) is 0 Å². The van der Waals surface area contributed by atoms with Gasteiger partial charge in [0.1, 0.15) is 5.56 Å². The van der Waals surface area contributed by atoms with Gasteiger partial charge in [-0.15, -0.1) is 12.4 Å². The largest absolute Gasteiger partial charge is 0.493 e. The molecule has 1 aromatic carbocycles. The van der Waals surface area contributed by atoms with Crippen molar-refractivity contribution in [3.8, 4) is 11.5 Å². The Morgan fingerprint density at radius 3 is 2.48 bits per heavy atom. The Morgan fingerprint density at radius 2 is 1.96 bits per heavy atom. The molecule has 2 heterocycles. The second kappa shape index (κ2) is 7.88. The van der Waals surface area contributed by atoms with E-state index in [1.54, 1.807) is 11.8 Å². The Hall–Kier alpha value is -2.06. The van der Waals surface area contributed by atoms with E-state index in [1.165, 1.54) is 19.2 Å². The number of methoxy groups -OCH3 is 1. The van der Waals surface area contributed by atoms with E-state index in [0.717, 1.165) is 13.1 Å². The van der Waals surface area contributed by atoms with E-state index in [1.807, 2.05) is 0 Å². The smallest absolute Gasteiger partial charge is 0.286 e. The van der Waals surface area contributed by atoms with Gasteiger partial charge >= 0.3 is 0 Å². The fourth-order valence-electron chi connectivity index (χ4n) is 3.49. The lowest BCUT2D eigenvalue weighted by Crippen LogP contribution is -2.32. The van der Waals surface area contributed by atoms with Crippen LogP contribution in [0.2, 0.25) is 0 Å². The summed E-state index contributed by atoms with van der Waals surface area (Å²) in [5.41, 5.74) is -0.201. The van der Waals surface area contributed by atoms with Gasteiger partial charge in [0, 0.05) is 32.2 Å². The monoisotopic (exact) mass is 371 g/mol. The van der Waals surface area contributed by atoms with Gasteiger partial charge in [-0.1, -0.05) is 0 Å². The Labute approximate surface area is 152 Å². The minimum absolute atomic E-state index is 0. The van der Waals surface area contributed by atoms with Crippen molar-refractivity contribution in [1.82, 2.24) is 10.2 Å². The SMILES string of the molecule is CCOc1cc([N+](=O)[O-])c(C(=O)N2C[C@H]3CNC[C@H]3C2)cc1OC.Cl. The first kappa shape index (κ1) is 19.3. The van der Waals surface area contributed by atoms with Crippen molar-refractivity contribution in [2.45, 2.75) is 6.92 Å². The molecule has 2 fully saturated rings. The second-order valence-corrected chi connectivity index (χ2v) is 6.10. The number of carbonyl (C=O) groups is 1. The van der Waals surface area contributed by atoms with Crippen LogP contribution in [-0.2, 0) is 0 Å². The first-order chi connectivity index (χ1) is 11.5. The van der Waals surface area contributed by atoms with E-state index in [9.17, 15) is 14.9 Å². The van der Waals surface area contributed by atoms with Crippen LogP contribution in [0.1, 0.15) is 17.3 Å². The summed E-state index contributed by atoms with van der Waals surface area (Å²) in [7, 11) is 1.45. The van der Waals surface area contributed by atoms with Gasteiger partial charge in [-0.3, -0.25) is 14.9 Å². The summed E-state index contributed by atoms with van der Waals surface area (Å²) < 4.78 is 10.6. The normalized spacial score (nSPS) is 21.4. The molecule has 2 atom stereocenters. The first-order valence-corrected chi connectivity index (χ1v) is 8.04. The molecule has 8 nitrogen and oxygen atoms in total. The quantitative estimate of drug-likeness (QED) is 0.625. The standard InChI is InChI=1S/C16H21N3O5.ClH/c1-3-24-15-5-13(19(21)22)12(4-14(15)23-2)16(20)18-8-10-6-17-7-11(10)9-18;/h4-5,10-11,17H,3,6-9H2,1-2H3;1H/t10-,11+;. The Morgan fingerprint density at radius 1 is 1.32 bits per heavy atom. The van der Waals surface area contributed by atoms with Gasteiger partial charge < -0.3 is 19.7 Å². The van der Waals surface area contributed by atoms with Gasteiger partial charge in [0.15, 0.2) is 11.5 Å². The van der Waals surface area contributed by atoms with Crippen molar-refractivity contribution < 1.29 is 19.2 Å². The first-order valence-electron chi connectivity index (χ1n) is 8.04. The van der Waals surface area contributed by atoms with Gasteiger partial charge in [-0.05, 0) is 18.8 Å². The highest BCUT2D eigenvalue weighted by molar-refractivity contribution is 5.99. The summed E-state index contributed by atoms with van der Waals surface area (Å²) in [6, 6.07) is 2.69. The average molecular weight is 372 g/mol. The zero-order chi connectivity index (χ0) is 17.3. The lowest BCUT2D eigenvalue weighted by atomic mass is 10.0. The molecule has 1 aromatic rings. The van der Waals surface area contributed by atoms with Gasteiger partial charge in [0.25, 0.3) is 11.6 Å². The molecule has 0 radical (unpaired) electrons. The predicted octanol–water partition coefficient (Wildman–Crippen LogP) is 1.72. The number of benzene rings is 1. The number of likely N-dealkylation sites (tertiary alicyclic amines) is 1. The van der Waals surface area contributed by atoms with Crippen LogP contribution >= 0.6 is 12.4 Å². The van der Waals surface area contributed by atoms with E-state index in [-0.39, 0.29) is 35.3 Å². The van der Waals surface area contributed by atoms with Crippen LogP contribution in [-0.4, -0.2) is 55.6 Å². The van der Waals surface area contributed by atoms with Crippen LogP contribution in [0.15, 0.2) is 12.1 Å². The van der Waals surface area contributed by atoms with Crippen molar-refractivity contribution in [1.29, 1.82) is 0 Å². The number of hydrogen-bond donors (Lipinski definition) is 1. The maximum atomic E-state index is 12.8. The number of nitro benzene ring substituents is 1. The number of hydrogen-bond acceptors (Lipinski definition) is 6. The number of nitrogens with zero attached hydrogens (tertiary/aromatic N) is 2. The number of ether oxygens (including phenoxy) is 2. The summed E-state index contributed by atoms with van der Waals surface area (Å²) in [6.45, 7) is 5.17. The van der Waals surface area contributed by atoms with Crippen molar-refractivity contribution >= 4 is 24.0 Å². The van der Waals surface area contributed by atoms with Crippen molar-refractivity contribution in [3.63, 3.8) is 0 Å². The minimum Gasteiger partial charge on any atom is -0.493 e. The summed E-state index contributed by atoms with van der Waals surface area (Å²) >= 11 is 0. The fourth-order valence-corrected chi connectivity index (χ4v) is 3.49. The molecule has 0 bridgehead atoms. The van der Waals surface area contributed by atoms with E-state index in [4.69, 9.17) is 9.47 Å². The number of rotatable bonds is 5. The number of carbonyl (C=O) groups excluding carboxylic acids is 1. The predicted molar refractivity (Wildman–Crippen MR) is 93.8 cm³/mol. The summed E-state index contributed by atoms with van der Waals surface area (Å²) in [4.78, 5) is 25.4. The third-order valence-corrected chi connectivity index (χ3v) is 4.69. The molecule has 0 saturated carbocycles. The van der Waals surface area contributed by atoms with Gasteiger partial charge in [0.2, 0.25) is 0 Å². The molecule has 2 saturated heterocycles. The van der Waals surface area contributed by atoms with Gasteiger partial charge in [0.05, 0.1) is 24.7 Å². The molecule has 0 unspecified atom stereocenters. The number of halogens is 1. The molecular weight excluding hydrogens is 350 g/mol. The minimum atomic E-state index is -0.548. The molecule has 3 rings (SSSR count). The molecule has 138 valence electrons. The average Bonchev–Trinajstić information content (AvgIpc) is 3.15. The van der Waals surface area contributed by atoms with Crippen molar-refractivity contribution in [2.75, 3.05) is 39.9 Å². The maximum Gasteiger partial charge on any atom is 0.286 e. The van der Waals surface area contributed by atoms with Gasteiger partial charge in [-0.25, -0.2) is 0 Å². The number of fused-ring (bicyclic) bond motifs is 1. The summed E-state index contributed by atoms with van der Waals surface area (Å²) in [5, 5.41) is 14.7. The highest BCUT2D eigenvalue weighted by Crippen LogP contribution is 2.36. The molecule has 25 heavy (non-hydrogen) atoms. The topological polar surface area (TPSA) is 93.9 Å². The fraction of sp³-hybridized carbons (Fsp3) is 0.562. The molecule has 0 aromatic heterocycles. The summed E-state index contributed by atoms with van der Waals surface area (Å²) in [5.74, 6) is 1.13. The van der Waals surface area contributed by atoms with Crippen molar-refractivity contribution in [2.24, 2.45) is 11.8 Å².